The number of carbonyl (C=O) groups is 1. The minimum atomic E-state index is -0.285. The van der Waals surface area contributed by atoms with Crippen molar-refractivity contribution >= 4 is 35.0 Å². The molecule has 26 heavy (non-hydrogen) atoms. The predicted octanol–water partition coefficient (Wildman–Crippen LogP) is 3.23. The van der Waals surface area contributed by atoms with Gasteiger partial charge in [-0.2, -0.15) is 9.94 Å². The Balaban J connectivity index is 1.68. The summed E-state index contributed by atoms with van der Waals surface area (Å²) in [5.41, 5.74) is 2.66. The number of benzene rings is 2. The quantitative estimate of drug-likeness (QED) is 0.678. The molecule has 2 aromatic carbocycles. The molecule has 0 aliphatic rings. The molecular formula is C17H13ClN6OS. The van der Waals surface area contributed by atoms with Crippen molar-refractivity contribution in [3.05, 3.63) is 58.6 Å². The van der Waals surface area contributed by atoms with E-state index < -0.39 is 0 Å². The van der Waals surface area contributed by atoms with Crippen LogP contribution in [0.2, 0.25) is 5.02 Å². The van der Waals surface area contributed by atoms with Gasteiger partial charge < -0.3 is 5.32 Å². The number of amides is 1. The monoisotopic (exact) mass is 384 g/mol. The number of aromatic nitrogens is 4. The third-order valence-electron chi connectivity index (χ3n) is 3.43. The van der Waals surface area contributed by atoms with Gasteiger partial charge in [0.25, 0.3) is 0 Å². The minimum absolute atomic E-state index is 0.0869. The van der Waals surface area contributed by atoms with E-state index in [1.165, 1.54) is 11.8 Å². The first-order chi connectivity index (χ1) is 12.6. The standard InChI is InChI=1S/C17H13ClN6OS/c1-11-2-6-14(7-3-11)24-17(21-22-23-24)26-10-16(25)20-15-8-13(18)5-4-12(15)9-19/h2-8H,10H2,1H3,(H,20,25). The number of tetrazole rings is 1. The number of hydrogen-bond donors (Lipinski definition) is 1. The van der Waals surface area contributed by atoms with Crippen LogP contribution in [0.4, 0.5) is 5.69 Å². The molecule has 0 fully saturated rings. The molecule has 0 radical (unpaired) electrons. The van der Waals surface area contributed by atoms with Crippen LogP contribution in [0.1, 0.15) is 11.1 Å². The molecule has 7 nitrogen and oxygen atoms in total. The summed E-state index contributed by atoms with van der Waals surface area (Å²) in [6.07, 6.45) is 0. The van der Waals surface area contributed by atoms with E-state index in [1.807, 2.05) is 37.3 Å². The molecule has 0 atom stereocenters. The van der Waals surface area contributed by atoms with E-state index in [2.05, 4.69) is 20.8 Å². The van der Waals surface area contributed by atoms with E-state index in [9.17, 15) is 4.79 Å². The van der Waals surface area contributed by atoms with Crippen molar-refractivity contribution in [2.24, 2.45) is 0 Å². The first-order valence-corrected chi connectivity index (χ1v) is 8.91. The third-order valence-corrected chi connectivity index (χ3v) is 4.58. The van der Waals surface area contributed by atoms with Crippen molar-refractivity contribution in [2.45, 2.75) is 12.1 Å². The van der Waals surface area contributed by atoms with Crippen molar-refractivity contribution in [1.29, 1.82) is 5.26 Å². The molecule has 130 valence electrons. The Bertz CT molecular complexity index is 980. The summed E-state index contributed by atoms with van der Waals surface area (Å²) in [5.74, 6) is -0.198. The number of thioether (sulfide) groups is 1. The number of hydrogen-bond acceptors (Lipinski definition) is 6. The molecule has 1 amide bonds. The fourth-order valence-electron chi connectivity index (χ4n) is 2.15. The van der Waals surface area contributed by atoms with Crippen LogP contribution in [0.5, 0.6) is 0 Å². The van der Waals surface area contributed by atoms with E-state index in [0.717, 1.165) is 11.3 Å². The van der Waals surface area contributed by atoms with Gasteiger partial charge in [0.15, 0.2) is 0 Å². The highest BCUT2D eigenvalue weighted by atomic mass is 35.5. The summed E-state index contributed by atoms with van der Waals surface area (Å²) in [6, 6.07) is 14.4. The number of anilines is 1. The van der Waals surface area contributed by atoms with E-state index >= 15 is 0 Å². The van der Waals surface area contributed by atoms with Crippen LogP contribution >= 0.6 is 23.4 Å². The highest BCUT2D eigenvalue weighted by Crippen LogP contribution is 2.22. The average Bonchev–Trinajstić information content (AvgIpc) is 3.09. The van der Waals surface area contributed by atoms with Gasteiger partial charge in [-0.05, 0) is 47.7 Å². The smallest absolute Gasteiger partial charge is 0.234 e. The molecule has 0 bridgehead atoms. The zero-order valence-corrected chi connectivity index (χ0v) is 15.3. The van der Waals surface area contributed by atoms with Crippen LogP contribution in [0.15, 0.2) is 47.6 Å². The Hall–Kier alpha value is -2.89. The maximum Gasteiger partial charge on any atom is 0.234 e. The Morgan fingerprint density at radius 1 is 1.31 bits per heavy atom. The summed E-state index contributed by atoms with van der Waals surface area (Å²) in [5, 5.41) is 24.3. The zero-order chi connectivity index (χ0) is 18.5. The van der Waals surface area contributed by atoms with Gasteiger partial charge >= 0.3 is 0 Å². The second-order valence-electron chi connectivity index (χ2n) is 5.35. The lowest BCUT2D eigenvalue weighted by Gasteiger charge is -2.08. The molecule has 1 N–H and O–H groups in total. The number of nitriles is 1. The highest BCUT2D eigenvalue weighted by Gasteiger charge is 2.13. The van der Waals surface area contributed by atoms with Gasteiger partial charge in [0.1, 0.15) is 6.07 Å². The normalized spacial score (nSPS) is 10.3. The van der Waals surface area contributed by atoms with Crippen LogP contribution in [-0.2, 0) is 4.79 Å². The van der Waals surface area contributed by atoms with Gasteiger partial charge in [-0.3, -0.25) is 4.79 Å². The van der Waals surface area contributed by atoms with E-state index in [1.54, 1.807) is 22.9 Å². The molecule has 0 saturated carbocycles. The zero-order valence-electron chi connectivity index (χ0n) is 13.7. The Morgan fingerprint density at radius 3 is 2.81 bits per heavy atom. The van der Waals surface area contributed by atoms with Crippen molar-refractivity contribution in [1.82, 2.24) is 20.2 Å². The van der Waals surface area contributed by atoms with E-state index in [0.29, 0.717) is 21.4 Å². The Labute approximate surface area is 159 Å². The Morgan fingerprint density at radius 2 is 2.08 bits per heavy atom. The van der Waals surface area contributed by atoms with Gasteiger partial charge in [0, 0.05) is 5.02 Å². The molecule has 1 heterocycles. The fraction of sp³-hybridized carbons (Fsp3) is 0.118. The van der Waals surface area contributed by atoms with Crippen LogP contribution in [0, 0.1) is 18.3 Å². The second-order valence-corrected chi connectivity index (χ2v) is 6.73. The van der Waals surface area contributed by atoms with Gasteiger partial charge in [-0.25, -0.2) is 0 Å². The minimum Gasteiger partial charge on any atom is -0.324 e. The van der Waals surface area contributed by atoms with Crippen LogP contribution in [-0.4, -0.2) is 31.9 Å². The maximum absolute atomic E-state index is 12.2. The summed E-state index contributed by atoms with van der Waals surface area (Å²) < 4.78 is 1.57. The average molecular weight is 385 g/mol. The lowest BCUT2D eigenvalue weighted by molar-refractivity contribution is -0.113. The molecular weight excluding hydrogens is 372 g/mol. The molecule has 0 saturated heterocycles. The van der Waals surface area contributed by atoms with Crippen LogP contribution in [0.25, 0.3) is 5.69 Å². The number of nitrogens with zero attached hydrogens (tertiary/aromatic N) is 5. The maximum atomic E-state index is 12.2. The van der Waals surface area contributed by atoms with Crippen molar-refractivity contribution in [3.8, 4) is 11.8 Å². The number of halogens is 1. The molecule has 0 aliphatic carbocycles. The predicted molar refractivity (Wildman–Crippen MR) is 99.4 cm³/mol. The van der Waals surface area contributed by atoms with Crippen LogP contribution < -0.4 is 5.32 Å². The van der Waals surface area contributed by atoms with Gasteiger partial charge in [0.2, 0.25) is 11.1 Å². The molecule has 3 rings (SSSR count). The van der Waals surface area contributed by atoms with Crippen molar-refractivity contribution < 1.29 is 4.79 Å². The van der Waals surface area contributed by atoms with Gasteiger partial charge in [-0.15, -0.1) is 5.10 Å². The molecule has 0 aliphatic heterocycles. The highest BCUT2D eigenvalue weighted by molar-refractivity contribution is 7.99. The van der Waals surface area contributed by atoms with Gasteiger partial charge in [-0.1, -0.05) is 41.1 Å². The summed E-state index contributed by atoms with van der Waals surface area (Å²) >= 11 is 7.12. The number of rotatable bonds is 5. The van der Waals surface area contributed by atoms with Gasteiger partial charge in [0.05, 0.1) is 22.7 Å². The lowest BCUT2D eigenvalue weighted by atomic mass is 10.2. The lowest BCUT2D eigenvalue weighted by Crippen LogP contribution is -2.15. The van der Waals surface area contributed by atoms with Crippen LogP contribution in [0.3, 0.4) is 0 Å². The first-order valence-electron chi connectivity index (χ1n) is 7.54. The van der Waals surface area contributed by atoms with Crippen molar-refractivity contribution in [3.63, 3.8) is 0 Å². The molecule has 1 aromatic heterocycles. The second kappa shape index (κ2) is 7.99. The fourth-order valence-corrected chi connectivity index (χ4v) is 3.01. The summed E-state index contributed by atoms with van der Waals surface area (Å²) in [6.45, 7) is 1.99. The van der Waals surface area contributed by atoms with E-state index in [4.69, 9.17) is 16.9 Å². The summed E-state index contributed by atoms with van der Waals surface area (Å²) in [7, 11) is 0. The number of nitrogens with one attached hydrogen (secondary N) is 1. The topological polar surface area (TPSA) is 96.5 Å². The molecule has 0 unspecified atom stereocenters. The molecule has 9 heteroatoms. The molecule has 0 spiro atoms. The summed E-state index contributed by atoms with van der Waals surface area (Å²) in [4.78, 5) is 12.2. The van der Waals surface area contributed by atoms with Crippen molar-refractivity contribution in [2.75, 3.05) is 11.1 Å². The SMILES string of the molecule is Cc1ccc(-n2nnnc2SCC(=O)Nc2cc(Cl)ccc2C#N)cc1. The third kappa shape index (κ3) is 4.20. The largest absolute Gasteiger partial charge is 0.324 e. The first kappa shape index (κ1) is 17.9. The number of carbonyl (C=O) groups excluding carboxylic acids is 1. The van der Waals surface area contributed by atoms with E-state index in [-0.39, 0.29) is 11.7 Å². The molecule has 3 aromatic rings. The Kier molecular flexibility index (Phi) is 5.51. The number of aryl methyl sites for hydroxylation is 1.